The van der Waals surface area contributed by atoms with Crippen LogP contribution in [0.25, 0.3) is 11.0 Å². The largest absolute Gasteiger partial charge is 0.492 e. The lowest BCUT2D eigenvalue weighted by Gasteiger charge is -2.42. The molecule has 1 saturated carbocycles. The zero-order chi connectivity index (χ0) is 20.0. The Morgan fingerprint density at radius 3 is 2.67 bits per heavy atom. The van der Waals surface area contributed by atoms with Crippen LogP contribution < -0.4 is 10.3 Å². The fraction of sp³-hybridized carbons (Fsp3) is 0.556. The number of thiol groups is 1. The van der Waals surface area contributed by atoms with Crippen LogP contribution in [-0.4, -0.2) is 32.1 Å². The maximum absolute atomic E-state index is 13.5. The van der Waals surface area contributed by atoms with Crippen LogP contribution in [0.3, 0.4) is 0 Å². The van der Waals surface area contributed by atoms with E-state index in [1.807, 2.05) is 6.92 Å². The van der Waals surface area contributed by atoms with E-state index in [9.17, 15) is 23.1 Å². The van der Waals surface area contributed by atoms with Crippen molar-refractivity contribution in [3.05, 3.63) is 34.2 Å². The summed E-state index contributed by atoms with van der Waals surface area (Å²) in [7, 11) is 0. The normalized spacial score (nSPS) is 23.9. The number of hydrogen-bond donors (Lipinski definition) is 2. The molecule has 0 saturated heterocycles. The van der Waals surface area contributed by atoms with Gasteiger partial charge in [0, 0.05) is 22.7 Å². The van der Waals surface area contributed by atoms with Gasteiger partial charge in [-0.25, -0.2) is 4.98 Å². The molecule has 1 unspecified atom stereocenters. The average Bonchev–Trinajstić information content (AvgIpc) is 2.51. The van der Waals surface area contributed by atoms with Crippen molar-refractivity contribution in [2.45, 2.75) is 56.2 Å². The molecule has 148 valence electrons. The van der Waals surface area contributed by atoms with Crippen molar-refractivity contribution in [1.82, 2.24) is 9.55 Å². The van der Waals surface area contributed by atoms with Gasteiger partial charge in [0.1, 0.15) is 11.4 Å². The highest BCUT2D eigenvalue weighted by atomic mass is 32.1. The molecule has 1 fully saturated rings. The van der Waals surface area contributed by atoms with Crippen LogP contribution >= 0.6 is 12.6 Å². The van der Waals surface area contributed by atoms with Gasteiger partial charge in [-0.05, 0) is 32.3 Å². The molecule has 2 heterocycles. The fourth-order valence-electron chi connectivity index (χ4n) is 3.36. The molecule has 0 aliphatic heterocycles. The first-order chi connectivity index (χ1) is 12.5. The van der Waals surface area contributed by atoms with Crippen molar-refractivity contribution in [3.63, 3.8) is 0 Å². The van der Waals surface area contributed by atoms with E-state index in [2.05, 4.69) is 17.6 Å². The minimum atomic E-state index is -4.69. The zero-order valence-electron chi connectivity index (χ0n) is 15.0. The molecule has 1 aliphatic carbocycles. The Morgan fingerprint density at radius 1 is 1.44 bits per heavy atom. The highest BCUT2D eigenvalue weighted by Gasteiger charge is 2.42. The third-order valence-electron chi connectivity index (χ3n) is 4.69. The predicted molar refractivity (Wildman–Crippen MR) is 98.5 cm³/mol. The molecule has 5 nitrogen and oxygen atoms in total. The van der Waals surface area contributed by atoms with E-state index in [1.54, 1.807) is 6.92 Å². The number of aromatic nitrogens is 2. The maximum Gasteiger partial charge on any atom is 0.417 e. The summed E-state index contributed by atoms with van der Waals surface area (Å²) in [5.41, 5.74) is -2.79. The second kappa shape index (κ2) is 7.01. The third-order valence-corrected chi connectivity index (χ3v) is 4.95. The van der Waals surface area contributed by atoms with Gasteiger partial charge in [-0.1, -0.05) is 6.92 Å². The summed E-state index contributed by atoms with van der Waals surface area (Å²) in [6, 6.07) is 1.47. The van der Waals surface area contributed by atoms with E-state index in [1.165, 1.54) is 16.8 Å². The molecule has 3 rings (SSSR count). The molecule has 0 amide bonds. The standard InChI is InChI=1S/C18H21F3N2O3S/c1-10(27)3-4-26-12-5-13-14(18(19,20)21)6-15(24)23(16(13)22-9-12)11-7-17(2,25)8-11/h5-6,9-11,25,27H,3-4,7-8H2,1-2H3. The first kappa shape index (κ1) is 20.0. The van der Waals surface area contributed by atoms with Crippen molar-refractivity contribution in [3.8, 4) is 5.75 Å². The summed E-state index contributed by atoms with van der Waals surface area (Å²) in [6.07, 6.45) is -2.18. The van der Waals surface area contributed by atoms with Gasteiger partial charge in [0.2, 0.25) is 0 Å². The fourth-order valence-corrected chi connectivity index (χ4v) is 3.46. The van der Waals surface area contributed by atoms with Gasteiger partial charge in [-0.3, -0.25) is 9.36 Å². The molecule has 0 spiro atoms. The maximum atomic E-state index is 13.5. The van der Waals surface area contributed by atoms with Crippen molar-refractivity contribution in [2.75, 3.05) is 6.61 Å². The molecule has 27 heavy (non-hydrogen) atoms. The highest BCUT2D eigenvalue weighted by molar-refractivity contribution is 7.80. The van der Waals surface area contributed by atoms with Gasteiger partial charge < -0.3 is 9.84 Å². The number of nitrogens with zero attached hydrogens (tertiary/aromatic N) is 2. The number of rotatable bonds is 5. The number of fused-ring (bicyclic) bond motifs is 1. The Bertz CT molecular complexity index is 901. The van der Waals surface area contributed by atoms with Crippen molar-refractivity contribution >= 4 is 23.7 Å². The molecule has 9 heteroatoms. The molecule has 2 aromatic heterocycles. The van der Waals surface area contributed by atoms with Gasteiger partial charge in [0.25, 0.3) is 5.56 Å². The molecular formula is C18H21F3N2O3S. The van der Waals surface area contributed by atoms with E-state index >= 15 is 0 Å². The van der Waals surface area contributed by atoms with Crippen LogP contribution in [0.15, 0.2) is 23.1 Å². The summed E-state index contributed by atoms with van der Waals surface area (Å²) >= 11 is 4.23. The zero-order valence-corrected chi connectivity index (χ0v) is 15.8. The molecule has 0 radical (unpaired) electrons. The second-order valence-electron chi connectivity index (χ2n) is 7.35. The molecule has 2 aromatic rings. The summed E-state index contributed by atoms with van der Waals surface area (Å²) in [6.45, 7) is 3.81. The molecule has 1 aliphatic rings. The topological polar surface area (TPSA) is 64.3 Å². The summed E-state index contributed by atoms with van der Waals surface area (Å²) in [5, 5.41) is 9.84. The number of pyridine rings is 2. The molecular weight excluding hydrogens is 381 g/mol. The molecule has 0 bridgehead atoms. The quantitative estimate of drug-likeness (QED) is 0.751. The summed E-state index contributed by atoms with van der Waals surface area (Å²) in [5.74, 6) is 0.202. The smallest absolute Gasteiger partial charge is 0.417 e. The number of aliphatic hydroxyl groups is 1. The van der Waals surface area contributed by atoms with Crippen LogP contribution in [-0.2, 0) is 6.18 Å². The number of hydrogen-bond acceptors (Lipinski definition) is 5. The van der Waals surface area contributed by atoms with E-state index in [-0.39, 0.29) is 40.9 Å². The first-order valence-electron chi connectivity index (χ1n) is 8.64. The molecule has 1 N–H and O–H groups in total. The lowest BCUT2D eigenvalue weighted by atomic mass is 9.77. The first-order valence-corrected chi connectivity index (χ1v) is 9.15. The lowest BCUT2D eigenvalue weighted by molar-refractivity contribution is -0.136. The van der Waals surface area contributed by atoms with Crippen LogP contribution in [0, 0.1) is 0 Å². The Kier molecular flexibility index (Phi) is 5.20. The minimum absolute atomic E-state index is 0.0507. The van der Waals surface area contributed by atoms with E-state index in [0.29, 0.717) is 19.1 Å². The highest BCUT2D eigenvalue weighted by Crippen LogP contribution is 2.42. The molecule has 1 atom stereocenters. The minimum Gasteiger partial charge on any atom is -0.492 e. The van der Waals surface area contributed by atoms with Gasteiger partial charge in [0.15, 0.2) is 0 Å². The number of ether oxygens (including phenoxy) is 1. The molecule has 0 aromatic carbocycles. The average molecular weight is 402 g/mol. The van der Waals surface area contributed by atoms with Gasteiger partial charge >= 0.3 is 6.18 Å². The monoisotopic (exact) mass is 402 g/mol. The second-order valence-corrected chi connectivity index (χ2v) is 8.23. The Morgan fingerprint density at radius 2 is 2.11 bits per heavy atom. The predicted octanol–water partition coefficient (Wildman–Crippen LogP) is 3.59. The summed E-state index contributed by atoms with van der Waals surface area (Å²) < 4.78 is 47.1. The third kappa shape index (κ3) is 4.24. The van der Waals surface area contributed by atoms with Crippen LogP contribution in [0.5, 0.6) is 5.75 Å². The van der Waals surface area contributed by atoms with Crippen LogP contribution in [0.1, 0.15) is 44.7 Å². The van der Waals surface area contributed by atoms with E-state index in [4.69, 9.17) is 4.74 Å². The lowest BCUT2D eigenvalue weighted by Crippen LogP contribution is -2.45. The van der Waals surface area contributed by atoms with Gasteiger partial charge in [-0.15, -0.1) is 0 Å². The van der Waals surface area contributed by atoms with Crippen molar-refractivity contribution in [2.24, 2.45) is 0 Å². The Labute approximate surface area is 159 Å². The van der Waals surface area contributed by atoms with Crippen LogP contribution in [0.2, 0.25) is 0 Å². The van der Waals surface area contributed by atoms with E-state index < -0.39 is 22.9 Å². The van der Waals surface area contributed by atoms with Gasteiger partial charge in [0.05, 0.1) is 24.0 Å². The Balaban J connectivity index is 2.07. The van der Waals surface area contributed by atoms with Crippen molar-refractivity contribution in [1.29, 1.82) is 0 Å². The number of halogens is 3. The Hall–Kier alpha value is -1.74. The van der Waals surface area contributed by atoms with Gasteiger partial charge in [-0.2, -0.15) is 25.8 Å². The van der Waals surface area contributed by atoms with E-state index in [0.717, 1.165) is 0 Å². The van der Waals surface area contributed by atoms with Crippen LogP contribution in [0.4, 0.5) is 13.2 Å². The SMILES string of the molecule is CC(S)CCOc1cnc2c(c1)c(C(F)(F)F)cc(=O)n2C1CC(C)(O)C1. The number of alkyl halides is 3. The summed E-state index contributed by atoms with van der Waals surface area (Å²) in [4.78, 5) is 16.5. The van der Waals surface area contributed by atoms with Crippen molar-refractivity contribution < 1.29 is 23.0 Å².